The molecular formula is C23H25N6O7S2+. The monoisotopic (exact) mass is 561 g/mol. The van der Waals surface area contributed by atoms with Crippen molar-refractivity contribution in [3.8, 4) is 0 Å². The number of hydrogen-bond acceptors (Lipinski definition) is 10. The highest BCUT2D eigenvalue weighted by atomic mass is 32.2. The number of thioether (sulfide) groups is 1. The van der Waals surface area contributed by atoms with Crippen LogP contribution in [0.25, 0.3) is 0 Å². The molecule has 2 aliphatic rings. The number of rotatable bonds is 10. The minimum atomic E-state index is -1.71. The quantitative estimate of drug-likeness (QED) is 0.137. The van der Waals surface area contributed by atoms with Crippen LogP contribution in [0, 0.1) is 0 Å². The number of aromatic nitrogens is 2. The third-order valence-electron chi connectivity index (χ3n) is 6.18. The summed E-state index contributed by atoms with van der Waals surface area (Å²) in [5.74, 6) is -3.88. The van der Waals surface area contributed by atoms with Gasteiger partial charge in [-0.2, -0.15) is 0 Å². The Morgan fingerprint density at radius 1 is 1.29 bits per heavy atom. The Morgan fingerprint density at radius 3 is 2.58 bits per heavy atom. The first-order valence-corrected chi connectivity index (χ1v) is 13.2. The number of carbonyl (C=O) groups is 4. The van der Waals surface area contributed by atoms with Crippen LogP contribution in [0.5, 0.6) is 0 Å². The Hall–Kier alpha value is -3.98. The molecule has 2 unspecified atom stereocenters. The summed E-state index contributed by atoms with van der Waals surface area (Å²) < 4.78 is 1.80. The smallest absolute Gasteiger partial charge is 0.350 e. The molecule has 4 heterocycles. The number of amides is 2. The highest BCUT2D eigenvalue weighted by Gasteiger charge is 2.56. The lowest BCUT2D eigenvalue weighted by Gasteiger charge is -2.51. The maximum absolute atomic E-state index is 13.2. The Bertz CT molecular complexity index is 1330. The molecular weight excluding hydrogens is 536 g/mol. The predicted octanol–water partition coefficient (Wildman–Crippen LogP) is 0.424. The number of anilines is 1. The second-order valence-corrected chi connectivity index (χ2v) is 10.6. The highest BCUT2D eigenvalue weighted by molar-refractivity contribution is 8.02. The number of hydrogen-bond donors (Lipinski definition) is 4. The van der Waals surface area contributed by atoms with Crippen LogP contribution in [-0.4, -0.2) is 72.6 Å². The standard InChI is InChI=1S/C23H24N6O7S2/c1-3-23(2,21(34)35)36-27-14(13-11-38-22(24)25-13)17(30)26-15-18(31)29-16(20(32)33)12(10-37-19(15)29)9-28-7-5-4-6-8-28/h4-8,10-11,15-16,19H,3,9H2,1-2H3,(H4-,24,25,26,30,32,33,34,35)/p+1/b27-14-/t15-,16?,19-,23?/m1/s1. The lowest BCUT2D eigenvalue weighted by molar-refractivity contribution is -0.689. The Kier molecular flexibility index (Phi) is 7.68. The van der Waals surface area contributed by atoms with Gasteiger partial charge in [0, 0.05) is 23.1 Å². The third-order valence-corrected chi connectivity index (χ3v) is 8.07. The molecule has 2 aliphatic heterocycles. The minimum absolute atomic E-state index is 0.0410. The molecule has 0 aromatic carbocycles. The van der Waals surface area contributed by atoms with Gasteiger partial charge in [0.25, 0.3) is 5.91 Å². The maximum atomic E-state index is 13.2. The van der Waals surface area contributed by atoms with Crippen LogP contribution in [0.1, 0.15) is 26.0 Å². The highest BCUT2D eigenvalue weighted by Crippen LogP contribution is 2.40. The molecule has 2 aromatic rings. The van der Waals surface area contributed by atoms with Crippen molar-refractivity contribution in [3.63, 3.8) is 0 Å². The van der Waals surface area contributed by atoms with Crippen LogP contribution in [-0.2, 0) is 30.6 Å². The van der Waals surface area contributed by atoms with Gasteiger partial charge in [-0.15, -0.1) is 23.1 Å². The van der Waals surface area contributed by atoms with E-state index in [-0.39, 0.29) is 29.5 Å². The number of carboxylic acid groups (broad SMARTS) is 2. The van der Waals surface area contributed by atoms with Gasteiger partial charge in [0.05, 0.1) is 0 Å². The molecule has 0 radical (unpaired) electrons. The zero-order valence-corrected chi connectivity index (χ0v) is 21.9. The van der Waals surface area contributed by atoms with E-state index in [1.54, 1.807) is 29.3 Å². The number of oxime groups is 1. The summed E-state index contributed by atoms with van der Waals surface area (Å²) in [6.07, 6.45) is 3.64. The number of fused-ring (bicyclic) bond motifs is 1. The van der Waals surface area contributed by atoms with Crippen molar-refractivity contribution in [1.82, 2.24) is 15.2 Å². The molecule has 13 nitrogen and oxygen atoms in total. The van der Waals surface area contributed by atoms with E-state index in [1.165, 1.54) is 29.0 Å². The largest absolute Gasteiger partial charge is 0.479 e. The zero-order chi connectivity index (χ0) is 27.6. The molecule has 2 aromatic heterocycles. The summed E-state index contributed by atoms with van der Waals surface area (Å²) >= 11 is 2.26. The summed E-state index contributed by atoms with van der Waals surface area (Å²) in [5, 5.41) is 28.3. The molecule has 4 rings (SSSR count). The van der Waals surface area contributed by atoms with E-state index in [9.17, 15) is 29.4 Å². The van der Waals surface area contributed by atoms with Crippen LogP contribution >= 0.6 is 23.1 Å². The average molecular weight is 562 g/mol. The second-order valence-electron chi connectivity index (χ2n) is 8.70. The summed E-state index contributed by atoms with van der Waals surface area (Å²) in [6.45, 7) is 3.17. The van der Waals surface area contributed by atoms with E-state index in [1.807, 2.05) is 18.2 Å². The number of carbonyl (C=O) groups excluding carboxylic acids is 2. The van der Waals surface area contributed by atoms with Gasteiger partial charge in [0.15, 0.2) is 35.8 Å². The topological polar surface area (TPSA) is 188 Å². The van der Waals surface area contributed by atoms with Crippen molar-refractivity contribution in [2.24, 2.45) is 5.16 Å². The van der Waals surface area contributed by atoms with E-state index in [2.05, 4.69) is 15.5 Å². The molecule has 0 aliphatic carbocycles. The van der Waals surface area contributed by atoms with Gasteiger partial charge in [-0.05, 0) is 18.8 Å². The first-order valence-electron chi connectivity index (χ1n) is 11.4. The van der Waals surface area contributed by atoms with Crippen molar-refractivity contribution in [3.05, 3.63) is 52.6 Å². The summed E-state index contributed by atoms with van der Waals surface area (Å²) in [4.78, 5) is 60.5. The number of carboxylic acids is 2. The number of nitrogen functional groups attached to an aromatic ring is 1. The predicted molar refractivity (Wildman–Crippen MR) is 137 cm³/mol. The fourth-order valence-electron chi connectivity index (χ4n) is 3.80. The Balaban J connectivity index is 1.55. The van der Waals surface area contributed by atoms with E-state index in [0.717, 1.165) is 11.3 Å². The third kappa shape index (κ3) is 5.19. The van der Waals surface area contributed by atoms with Crippen molar-refractivity contribution in [2.75, 3.05) is 5.73 Å². The number of thiazole rings is 1. The van der Waals surface area contributed by atoms with Gasteiger partial charge in [0.2, 0.25) is 11.5 Å². The number of pyridine rings is 1. The molecule has 0 saturated carbocycles. The van der Waals surface area contributed by atoms with Gasteiger partial charge in [-0.3, -0.25) is 9.59 Å². The van der Waals surface area contributed by atoms with E-state index < -0.39 is 46.8 Å². The van der Waals surface area contributed by atoms with E-state index >= 15 is 0 Å². The van der Waals surface area contributed by atoms with Crippen molar-refractivity contribution in [2.45, 2.75) is 49.9 Å². The minimum Gasteiger partial charge on any atom is -0.479 e. The van der Waals surface area contributed by atoms with E-state index in [4.69, 9.17) is 10.6 Å². The fourth-order valence-corrected chi connectivity index (χ4v) is 5.57. The van der Waals surface area contributed by atoms with E-state index in [0.29, 0.717) is 5.57 Å². The van der Waals surface area contributed by atoms with Gasteiger partial charge >= 0.3 is 11.9 Å². The molecule has 200 valence electrons. The molecule has 38 heavy (non-hydrogen) atoms. The molecule has 2 amide bonds. The van der Waals surface area contributed by atoms with Crippen LogP contribution in [0.3, 0.4) is 0 Å². The summed E-state index contributed by atoms with van der Waals surface area (Å²) in [7, 11) is 0. The molecule has 0 bridgehead atoms. The van der Waals surface area contributed by atoms with Gasteiger partial charge in [0.1, 0.15) is 17.1 Å². The molecule has 15 heteroatoms. The summed E-state index contributed by atoms with van der Waals surface area (Å²) in [6, 6.07) is 3.23. The molecule has 4 atom stereocenters. The first kappa shape index (κ1) is 27.1. The zero-order valence-electron chi connectivity index (χ0n) is 20.3. The fraction of sp³-hybridized carbons (Fsp3) is 0.348. The van der Waals surface area contributed by atoms with Crippen LogP contribution in [0.4, 0.5) is 5.13 Å². The Labute approximate surface area is 225 Å². The van der Waals surface area contributed by atoms with Crippen molar-refractivity contribution in [1.29, 1.82) is 0 Å². The van der Waals surface area contributed by atoms with Crippen LogP contribution in [0.15, 0.2) is 52.1 Å². The SMILES string of the molecule is CCC(C)(O/N=C(\C(=O)N[C@@H]1C(=O)N2C(C(=O)O)C(C[n+]3ccccc3)=CS[C@H]12)c1csc(N)n1)C(=O)O. The van der Waals surface area contributed by atoms with Gasteiger partial charge < -0.3 is 31.0 Å². The lowest BCUT2D eigenvalue weighted by atomic mass is 9.97. The molecule has 1 saturated heterocycles. The number of β-lactam (4-membered cyclic amide) rings is 1. The van der Waals surface area contributed by atoms with Crippen molar-refractivity contribution >= 4 is 57.7 Å². The number of nitrogens with zero attached hydrogens (tertiary/aromatic N) is 4. The maximum Gasteiger partial charge on any atom is 0.350 e. The lowest BCUT2D eigenvalue weighted by Crippen LogP contribution is -2.74. The first-order chi connectivity index (χ1) is 18.1. The number of nitrogens with one attached hydrogen (secondary N) is 1. The Morgan fingerprint density at radius 2 is 2.00 bits per heavy atom. The number of aliphatic carboxylic acids is 2. The molecule has 1 fully saturated rings. The van der Waals surface area contributed by atoms with Gasteiger partial charge in [-0.1, -0.05) is 18.1 Å². The van der Waals surface area contributed by atoms with Crippen LogP contribution < -0.4 is 15.6 Å². The molecule has 5 N–H and O–H groups in total. The summed E-state index contributed by atoms with van der Waals surface area (Å²) in [5.41, 5.74) is 4.18. The normalized spacial score (nSPS) is 22.4. The number of nitrogens with two attached hydrogens (primary N) is 1. The van der Waals surface area contributed by atoms with Crippen molar-refractivity contribution < 1.29 is 38.8 Å². The van der Waals surface area contributed by atoms with Crippen LogP contribution in [0.2, 0.25) is 0 Å². The van der Waals surface area contributed by atoms with Gasteiger partial charge in [-0.25, -0.2) is 19.1 Å². The molecule has 0 spiro atoms. The second kappa shape index (κ2) is 10.8. The average Bonchev–Trinajstić information content (AvgIpc) is 3.32.